The smallest absolute Gasteiger partial charge is 0.261 e. The molecule has 1 N–H and O–H groups in total. The maximum absolute atomic E-state index is 12.9. The minimum atomic E-state index is -0.0591. The molecule has 8 nitrogen and oxygen atoms in total. The molecule has 8 heteroatoms. The summed E-state index contributed by atoms with van der Waals surface area (Å²) in [5.41, 5.74) is 1.71. The van der Waals surface area contributed by atoms with Gasteiger partial charge in [-0.1, -0.05) is 19.3 Å². The third kappa shape index (κ3) is 2.90. The number of nitrogens with one attached hydrogen (secondary N) is 1. The van der Waals surface area contributed by atoms with Crippen LogP contribution in [-0.2, 0) is 13.0 Å². The molecule has 0 radical (unpaired) electrons. The highest BCUT2D eigenvalue weighted by Gasteiger charge is 2.21. The Labute approximate surface area is 155 Å². The molecule has 0 bridgehead atoms. The van der Waals surface area contributed by atoms with Gasteiger partial charge in [0.15, 0.2) is 5.82 Å². The van der Waals surface area contributed by atoms with E-state index in [0.717, 1.165) is 36.3 Å². The number of nitrogens with zero attached hydrogens (tertiary/aromatic N) is 6. The van der Waals surface area contributed by atoms with Crippen LogP contribution in [0.4, 0.5) is 0 Å². The Balaban J connectivity index is 1.52. The van der Waals surface area contributed by atoms with Crippen LogP contribution in [0, 0.1) is 0 Å². The number of hydrogen-bond donors (Lipinski definition) is 1. The zero-order valence-corrected chi connectivity index (χ0v) is 15.0. The highest BCUT2D eigenvalue weighted by molar-refractivity contribution is 5.78. The molecule has 4 heterocycles. The minimum Gasteiger partial charge on any atom is -0.348 e. The lowest BCUT2D eigenvalue weighted by molar-refractivity contribution is 0.429. The van der Waals surface area contributed by atoms with Gasteiger partial charge in [0.25, 0.3) is 11.3 Å². The van der Waals surface area contributed by atoms with E-state index in [1.54, 1.807) is 27.8 Å². The van der Waals surface area contributed by atoms with Gasteiger partial charge >= 0.3 is 0 Å². The molecule has 1 aliphatic carbocycles. The maximum Gasteiger partial charge on any atom is 0.261 e. The average molecular weight is 363 g/mol. The first-order chi connectivity index (χ1) is 13.3. The van der Waals surface area contributed by atoms with Crippen molar-refractivity contribution in [3.63, 3.8) is 0 Å². The van der Waals surface area contributed by atoms with Crippen LogP contribution in [0.25, 0.3) is 16.7 Å². The van der Waals surface area contributed by atoms with E-state index in [-0.39, 0.29) is 5.56 Å². The number of fused-ring (bicyclic) bond motifs is 3. The van der Waals surface area contributed by atoms with Gasteiger partial charge < -0.3 is 9.55 Å². The van der Waals surface area contributed by atoms with Gasteiger partial charge in [-0.15, -0.1) is 5.10 Å². The molecular formula is C19H21N7O. The Kier molecular flexibility index (Phi) is 3.95. The number of hydrogen-bond acceptors (Lipinski definition) is 5. The zero-order valence-electron chi connectivity index (χ0n) is 15.0. The number of pyridine rings is 1. The Morgan fingerprint density at radius 2 is 2.07 bits per heavy atom. The standard InChI is InChI=1S/C19H21N7O/c27-18-15-11-21-19-23-17(13-4-2-1-3-5-13)24-26(19)16(15)7-9-25(18)8-6-14-10-20-12-22-14/h7,9-13H,1-6,8H2,(H,20,22). The molecule has 138 valence electrons. The molecule has 0 spiro atoms. The third-order valence-electron chi connectivity index (χ3n) is 5.47. The summed E-state index contributed by atoms with van der Waals surface area (Å²) in [6.07, 6.45) is 13.6. The van der Waals surface area contributed by atoms with Crippen LogP contribution in [0.15, 0.2) is 35.8 Å². The van der Waals surface area contributed by atoms with Crippen LogP contribution < -0.4 is 5.56 Å². The summed E-state index contributed by atoms with van der Waals surface area (Å²) in [5.74, 6) is 1.83. The fourth-order valence-electron chi connectivity index (χ4n) is 3.95. The predicted octanol–water partition coefficient (Wildman–Crippen LogP) is 2.45. The normalized spacial score (nSPS) is 15.7. The van der Waals surface area contributed by atoms with Gasteiger partial charge in [-0.05, 0) is 18.9 Å². The van der Waals surface area contributed by atoms with Crippen molar-refractivity contribution in [3.05, 3.63) is 52.9 Å². The molecule has 1 fully saturated rings. The second-order valence-corrected chi connectivity index (χ2v) is 7.21. The lowest BCUT2D eigenvalue weighted by Gasteiger charge is -2.17. The zero-order chi connectivity index (χ0) is 18.2. The number of H-pyrrole nitrogens is 1. The topological polar surface area (TPSA) is 93.8 Å². The van der Waals surface area contributed by atoms with E-state index in [1.165, 1.54) is 19.3 Å². The summed E-state index contributed by atoms with van der Waals surface area (Å²) in [7, 11) is 0. The number of imidazole rings is 1. The fourth-order valence-corrected chi connectivity index (χ4v) is 3.95. The van der Waals surface area contributed by atoms with Crippen LogP contribution >= 0.6 is 0 Å². The van der Waals surface area contributed by atoms with E-state index < -0.39 is 0 Å². The Morgan fingerprint density at radius 3 is 2.89 bits per heavy atom. The maximum atomic E-state index is 12.9. The van der Waals surface area contributed by atoms with Crippen LogP contribution in [0.3, 0.4) is 0 Å². The highest BCUT2D eigenvalue weighted by Crippen LogP contribution is 2.31. The molecule has 0 aliphatic heterocycles. The van der Waals surface area contributed by atoms with E-state index in [2.05, 4.69) is 19.9 Å². The van der Waals surface area contributed by atoms with E-state index in [4.69, 9.17) is 5.10 Å². The van der Waals surface area contributed by atoms with Crippen LogP contribution in [-0.4, -0.2) is 34.1 Å². The molecule has 5 rings (SSSR count). The van der Waals surface area contributed by atoms with Crippen molar-refractivity contribution in [2.45, 2.75) is 51.0 Å². The molecule has 0 unspecified atom stereocenters. The summed E-state index contributed by atoms with van der Waals surface area (Å²) < 4.78 is 3.43. The van der Waals surface area contributed by atoms with Crippen molar-refractivity contribution in [2.24, 2.45) is 0 Å². The number of aromatic nitrogens is 7. The van der Waals surface area contributed by atoms with Crippen molar-refractivity contribution in [2.75, 3.05) is 0 Å². The molecule has 0 atom stereocenters. The lowest BCUT2D eigenvalue weighted by atomic mass is 9.89. The van der Waals surface area contributed by atoms with Gasteiger partial charge in [-0.25, -0.2) is 9.97 Å². The van der Waals surface area contributed by atoms with Crippen molar-refractivity contribution < 1.29 is 0 Å². The summed E-state index contributed by atoms with van der Waals surface area (Å²) in [4.78, 5) is 29.0. The molecular weight excluding hydrogens is 342 g/mol. The molecule has 4 aromatic rings. The molecule has 0 amide bonds. The monoisotopic (exact) mass is 363 g/mol. The summed E-state index contributed by atoms with van der Waals surface area (Å²) in [6, 6.07) is 1.93. The fraction of sp³-hybridized carbons (Fsp3) is 0.421. The van der Waals surface area contributed by atoms with E-state index in [0.29, 0.717) is 23.6 Å². The van der Waals surface area contributed by atoms with Gasteiger partial charge in [0.1, 0.15) is 0 Å². The summed E-state index contributed by atoms with van der Waals surface area (Å²) in [6.45, 7) is 0.583. The van der Waals surface area contributed by atoms with Crippen molar-refractivity contribution in [1.82, 2.24) is 34.1 Å². The van der Waals surface area contributed by atoms with E-state index >= 15 is 0 Å². The van der Waals surface area contributed by atoms with Crippen LogP contribution in [0.2, 0.25) is 0 Å². The van der Waals surface area contributed by atoms with Crippen molar-refractivity contribution in [1.29, 1.82) is 0 Å². The number of aromatic amines is 1. The summed E-state index contributed by atoms with van der Waals surface area (Å²) >= 11 is 0. The lowest BCUT2D eigenvalue weighted by Crippen LogP contribution is -2.21. The first kappa shape index (κ1) is 16.2. The highest BCUT2D eigenvalue weighted by atomic mass is 16.1. The van der Waals surface area contributed by atoms with Gasteiger partial charge in [0.05, 0.1) is 17.2 Å². The predicted molar refractivity (Wildman–Crippen MR) is 101 cm³/mol. The first-order valence-corrected chi connectivity index (χ1v) is 9.52. The molecule has 1 saturated carbocycles. The summed E-state index contributed by atoms with van der Waals surface area (Å²) in [5, 5.41) is 5.27. The average Bonchev–Trinajstić information content (AvgIpc) is 3.38. The van der Waals surface area contributed by atoms with Gasteiger partial charge in [-0.3, -0.25) is 4.79 Å². The minimum absolute atomic E-state index is 0.0591. The van der Waals surface area contributed by atoms with Crippen LogP contribution in [0.1, 0.15) is 49.5 Å². The molecule has 0 aromatic carbocycles. The first-order valence-electron chi connectivity index (χ1n) is 9.52. The van der Waals surface area contributed by atoms with Crippen LogP contribution in [0.5, 0.6) is 0 Å². The molecule has 0 saturated heterocycles. The third-order valence-corrected chi connectivity index (χ3v) is 5.47. The van der Waals surface area contributed by atoms with E-state index in [9.17, 15) is 4.79 Å². The SMILES string of the molecule is O=c1c2cnc3nc(C4CCCCC4)nn3c2ccn1CCc1cnc[nH]1. The van der Waals surface area contributed by atoms with Crippen molar-refractivity contribution >= 4 is 16.7 Å². The second kappa shape index (κ2) is 6.61. The Bertz CT molecular complexity index is 1140. The van der Waals surface area contributed by atoms with Gasteiger partial charge in [0, 0.05) is 43.2 Å². The number of aryl methyl sites for hydroxylation is 2. The Hall–Kier alpha value is -3.03. The largest absolute Gasteiger partial charge is 0.348 e. The molecule has 4 aromatic heterocycles. The molecule has 1 aliphatic rings. The Morgan fingerprint density at radius 1 is 1.19 bits per heavy atom. The second-order valence-electron chi connectivity index (χ2n) is 7.21. The quantitative estimate of drug-likeness (QED) is 0.601. The molecule has 27 heavy (non-hydrogen) atoms. The number of rotatable bonds is 4. The van der Waals surface area contributed by atoms with Gasteiger partial charge in [0.2, 0.25) is 0 Å². The van der Waals surface area contributed by atoms with Gasteiger partial charge in [-0.2, -0.15) is 9.50 Å². The van der Waals surface area contributed by atoms with Crippen molar-refractivity contribution in [3.8, 4) is 0 Å². The van der Waals surface area contributed by atoms with E-state index in [1.807, 2.05) is 12.3 Å².